The Labute approximate surface area is 137 Å². The number of benzene rings is 2. The van der Waals surface area contributed by atoms with Crippen LogP contribution in [0.15, 0.2) is 30.3 Å². The maximum absolute atomic E-state index is 13.6. The molecule has 0 fully saturated rings. The molecule has 1 atom stereocenters. The molecule has 2 nitrogen and oxygen atoms in total. The number of nitrogens with one attached hydrogen (secondary N) is 1. The summed E-state index contributed by atoms with van der Waals surface area (Å²) < 4.78 is 13.6. The molecular formula is C15H10Cl3FN2. The Morgan fingerprint density at radius 2 is 1.86 bits per heavy atom. The zero-order valence-electron chi connectivity index (χ0n) is 10.9. The van der Waals surface area contributed by atoms with Gasteiger partial charge in [-0.3, -0.25) is 0 Å². The first-order valence-electron chi connectivity index (χ1n) is 6.03. The Morgan fingerprint density at radius 1 is 1.14 bits per heavy atom. The molecule has 108 valence electrons. The molecule has 21 heavy (non-hydrogen) atoms. The monoisotopic (exact) mass is 342 g/mol. The van der Waals surface area contributed by atoms with Gasteiger partial charge in [-0.25, -0.2) is 4.39 Å². The van der Waals surface area contributed by atoms with Gasteiger partial charge in [0.2, 0.25) is 0 Å². The van der Waals surface area contributed by atoms with Crippen LogP contribution in [-0.2, 0) is 0 Å². The van der Waals surface area contributed by atoms with Crippen molar-refractivity contribution < 1.29 is 4.39 Å². The zero-order chi connectivity index (χ0) is 15.6. The fraction of sp³-hybridized carbons (Fsp3) is 0.133. The Balaban J connectivity index is 2.33. The van der Waals surface area contributed by atoms with Crippen molar-refractivity contribution in [3.8, 4) is 6.07 Å². The molecule has 2 aromatic carbocycles. The maximum Gasteiger partial charge on any atom is 0.142 e. The highest BCUT2D eigenvalue weighted by molar-refractivity contribution is 6.36. The van der Waals surface area contributed by atoms with Crippen LogP contribution < -0.4 is 5.32 Å². The maximum atomic E-state index is 13.6. The van der Waals surface area contributed by atoms with Crippen LogP contribution in [0.2, 0.25) is 15.1 Å². The lowest BCUT2D eigenvalue weighted by atomic mass is 10.1. The molecule has 0 saturated heterocycles. The molecule has 0 spiro atoms. The third kappa shape index (κ3) is 3.41. The SMILES string of the molecule is CC(Nc1ccc(C#N)cc1Cl)c1c(Cl)ccc(F)c1Cl. The van der Waals surface area contributed by atoms with Crippen LogP contribution in [0.1, 0.15) is 24.1 Å². The number of rotatable bonds is 3. The van der Waals surface area contributed by atoms with Gasteiger partial charge in [0.05, 0.1) is 33.4 Å². The van der Waals surface area contributed by atoms with Gasteiger partial charge >= 0.3 is 0 Å². The largest absolute Gasteiger partial charge is 0.377 e. The normalized spacial score (nSPS) is 11.8. The minimum Gasteiger partial charge on any atom is -0.377 e. The van der Waals surface area contributed by atoms with Crippen molar-refractivity contribution in [1.82, 2.24) is 0 Å². The highest BCUT2D eigenvalue weighted by Crippen LogP contribution is 2.35. The molecule has 0 aliphatic heterocycles. The lowest BCUT2D eigenvalue weighted by molar-refractivity contribution is 0.624. The summed E-state index contributed by atoms with van der Waals surface area (Å²) in [6.07, 6.45) is 0. The van der Waals surface area contributed by atoms with E-state index in [0.717, 1.165) is 0 Å². The van der Waals surface area contributed by atoms with Gasteiger partial charge in [-0.2, -0.15) is 5.26 Å². The summed E-state index contributed by atoms with van der Waals surface area (Å²) in [6.45, 7) is 1.79. The van der Waals surface area contributed by atoms with Gasteiger partial charge in [0.25, 0.3) is 0 Å². The second kappa shape index (κ2) is 6.53. The van der Waals surface area contributed by atoms with Crippen LogP contribution in [0.4, 0.5) is 10.1 Å². The molecule has 1 unspecified atom stereocenters. The summed E-state index contributed by atoms with van der Waals surface area (Å²) in [5.74, 6) is -0.532. The van der Waals surface area contributed by atoms with Crippen LogP contribution in [0.5, 0.6) is 0 Å². The second-order valence-corrected chi connectivity index (χ2v) is 5.62. The van der Waals surface area contributed by atoms with E-state index < -0.39 is 5.82 Å². The van der Waals surface area contributed by atoms with Crippen LogP contribution in [0, 0.1) is 17.1 Å². The van der Waals surface area contributed by atoms with Crippen molar-refractivity contribution in [2.45, 2.75) is 13.0 Å². The van der Waals surface area contributed by atoms with Crippen molar-refractivity contribution in [3.05, 3.63) is 62.3 Å². The summed E-state index contributed by atoms with van der Waals surface area (Å²) in [4.78, 5) is 0. The zero-order valence-corrected chi connectivity index (χ0v) is 13.2. The lowest BCUT2D eigenvalue weighted by Crippen LogP contribution is -2.09. The van der Waals surface area contributed by atoms with Gasteiger partial charge in [0, 0.05) is 10.6 Å². The van der Waals surface area contributed by atoms with Crippen molar-refractivity contribution in [2.24, 2.45) is 0 Å². The van der Waals surface area contributed by atoms with Gasteiger partial charge in [0.15, 0.2) is 0 Å². The molecule has 0 radical (unpaired) electrons. The van der Waals surface area contributed by atoms with Crippen molar-refractivity contribution >= 4 is 40.5 Å². The van der Waals surface area contributed by atoms with E-state index in [1.165, 1.54) is 12.1 Å². The molecule has 0 aliphatic carbocycles. The Morgan fingerprint density at radius 3 is 2.48 bits per heavy atom. The highest BCUT2D eigenvalue weighted by Gasteiger charge is 2.17. The number of hydrogen-bond acceptors (Lipinski definition) is 2. The molecule has 0 bridgehead atoms. The molecule has 2 rings (SSSR count). The van der Waals surface area contributed by atoms with E-state index in [2.05, 4.69) is 5.32 Å². The number of halogens is 4. The highest BCUT2D eigenvalue weighted by atomic mass is 35.5. The Hall–Kier alpha value is -1.47. The van der Waals surface area contributed by atoms with E-state index in [1.807, 2.05) is 6.07 Å². The van der Waals surface area contributed by atoms with Crippen molar-refractivity contribution in [3.63, 3.8) is 0 Å². The minimum absolute atomic E-state index is 0.0210. The van der Waals surface area contributed by atoms with E-state index >= 15 is 0 Å². The number of hydrogen-bond donors (Lipinski definition) is 1. The summed E-state index contributed by atoms with van der Waals surface area (Å²) in [6, 6.07) is 9.18. The van der Waals surface area contributed by atoms with Crippen LogP contribution in [0.3, 0.4) is 0 Å². The predicted molar refractivity (Wildman–Crippen MR) is 84.6 cm³/mol. The predicted octanol–water partition coefficient (Wildman–Crippen LogP) is 5.83. The summed E-state index contributed by atoms with van der Waals surface area (Å²) in [5, 5.41) is 12.7. The van der Waals surface area contributed by atoms with Gasteiger partial charge in [-0.1, -0.05) is 34.8 Å². The first-order chi connectivity index (χ1) is 9.93. The smallest absolute Gasteiger partial charge is 0.142 e. The van der Waals surface area contributed by atoms with Crippen molar-refractivity contribution in [1.29, 1.82) is 5.26 Å². The minimum atomic E-state index is -0.532. The number of nitrogens with zero attached hydrogens (tertiary/aromatic N) is 1. The molecule has 1 N–H and O–H groups in total. The average Bonchev–Trinajstić information content (AvgIpc) is 2.45. The molecule has 0 saturated carbocycles. The third-order valence-corrected chi connectivity index (χ3v) is 4.01. The summed E-state index contributed by atoms with van der Waals surface area (Å²) in [7, 11) is 0. The van der Waals surface area contributed by atoms with Gasteiger partial charge in [-0.15, -0.1) is 0 Å². The molecule has 0 aromatic heterocycles. The summed E-state index contributed by atoms with van der Waals surface area (Å²) >= 11 is 18.2. The molecule has 0 aliphatic rings. The fourth-order valence-electron chi connectivity index (χ4n) is 1.95. The van der Waals surface area contributed by atoms with E-state index in [0.29, 0.717) is 26.9 Å². The fourth-order valence-corrected chi connectivity index (χ4v) is 2.88. The Kier molecular flexibility index (Phi) is 4.95. The summed E-state index contributed by atoms with van der Waals surface area (Å²) in [5.41, 5.74) is 1.53. The second-order valence-electron chi connectivity index (χ2n) is 4.43. The van der Waals surface area contributed by atoms with E-state index in [-0.39, 0.29) is 11.1 Å². The average molecular weight is 344 g/mol. The standard InChI is InChI=1S/C15H10Cl3FN2/c1-8(14-10(16)3-4-12(19)15(14)18)21-13-5-2-9(7-20)6-11(13)17/h2-6,8,21H,1H3. The van der Waals surface area contributed by atoms with Crippen LogP contribution in [-0.4, -0.2) is 0 Å². The molecule has 6 heteroatoms. The van der Waals surface area contributed by atoms with Crippen LogP contribution >= 0.6 is 34.8 Å². The Bertz CT molecular complexity index is 726. The third-order valence-electron chi connectivity index (χ3n) is 2.98. The molecule has 0 heterocycles. The molecule has 0 amide bonds. The van der Waals surface area contributed by atoms with Gasteiger partial charge in [0.1, 0.15) is 5.82 Å². The number of nitriles is 1. The molecule has 2 aromatic rings. The van der Waals surface area contributed by atoms with Crippen molar-refractivity contribution in [2.75, 3.05) is 5.32 Å². The first kappa shape index (κ1) is 15.9. The van der Waals surface area contributed by atoms with Gasteiger partial charge < -0.3 is 5.32 Å². The van der Waals surface area contributed by atoms with Gasteiger partial charge in [-0.05, 0) is 37.3 Å². The van der Waals surface area contributed by atoms with E-state index in [4.69, 9.17) is 40.1 Å². The first-order valence-corrected chi connectivity index (χ1v) is 7.17. The lowest BCUT2D eigenvalue weighted by Gasteiger charge is -2.19. The van der Waals surface area contributed by atoms with E-state index in [1.54, 1.807) is 25.1 Å². The number of anilines is 1. The van der Waals surface area contributed by atoms with E-state index in [9.17, 15) is 4.39 Å². The topological polar surface area (TPSA) is 35.8 Å². The quantitative estimate of drug-likeness (QED) is 0.712. The molecular weight excluding hydrogens is 334 g/mol. The van der Waals surface area contributed by atoms with Crippen LogP contribution in [0.25, 0.3) is 0 Å².